The van der Waals surface area contributed by atoms with Crippen molar-refractivity contribution in [2.45, 2.75) is 19.4 Å². The number of benzene rings is 1. The maximum atomic E-state index is 13.6. The number of aliphatic hydroxyl groups is 1. The molecule has 1 aliphatic rings. The van der Waals surface area contributed by atoms with E-state index in [1.54, 1.807) is 19.1 Å². The summed E-state index contributed by atoms with van der Waals surface area (Å²) < 4.78 is 13.6. The molecule has 100 valence electrons. The normalized spacial score (nSPS) is 19.5. The second-order valence-corrected chi connectivity index (χ2v) is 4.85. The number of hydrogen-bond acceptors (Lipinski definition) is 3. The van der Waals surface area contributed by atoms with Crippen molar-refractivity contribution in [2.75, 3.05) is 32.8 Å². The largest absolute Gasteiger partial charge is 0.394 e. The zero-order valence-electron chi connectivity index (χ0n) is 10.8. The number of aliphatic hydroxyl groups excluding tert-OH is 1. The van der Waals surface area contributed by atoms with Crippen LogP contribution in [0.25, 0.3) is 0 Å². The highest BCUT2D eigenvalue weighted by atomic mass is 19.1. The predicted octanol–water partition coefficient (Wildman–Crippen LogP) is 1.46. The Morgan fingerprint density at radius 1 is 1.39 bits per heavy atom. The van der Waals surface area contributed by atoms with Crippen LogP contribution in [0.5, 0.6) is 0 Å². The van der Waals surface area contributed by atoms with Crippen molar-refractivity contribution >= 4 is 0 Å². The first-order chi connectivity index (χ1) is 8.72. The average molecular weight is 252 g/mol. The van der Waals surface area contributed by atoms with Gasteiger partial charge in [0.2, 0.25) is 0 Å². The Kier molecular flexibility index (Phi) is 4.69. The highest BCUT2D eigenvalue weighted by Gasteiger charge is 2.21. The monoisotopic (exact) mass is 252 g/mol. The number of nitrogens with one attached hydrogen (secondary N) is 1. The van der Waals surface area contributed by atoms with E-state index in [-0.39, 0.29) is 18.5 Å². The minimum absolute atomic E-state index is 0.0303. The van der Waals surface area contributed by atoms with Gasteiger partial charge in [-0.15, -0.1) is 0 Å². The number of hydrogen-bond donors (Lipinski definition) is 2. The summed E-state index contributed by atoms with van der Waals surface area (Å²) in [5.41, 5.74) is 1.51. The first-order valence-corrected chi connectivity index (χ1v) is 6.54. The van der Waals surface area contributed by atoms with E-state index in [2.05, 4.69) is 10.2 Å². The zero-order valence-corrected chi connectivity index (χ0v) is 10.8. The van der Waals surface area contributed by atoms with Crippen LogP contribution in [0.1, 0.15) is 23.6 Å². The first-order valence-electron chi connectivity index (χ1n) is 6.54. The molecule has 1 aromatic carbocycles. The lowest BCUT2D eigenvalue weighted by Gasteiger charge is -2.29. The molecule has 1 heterocycles. The molecule has 1 fully saturated rings. The van der Waals surface area contributed by atoms with E-state index in [1.807, 2.05) is 6.07 Å². The predicted molar refractivity (Wildman–Crippen MR) is 70.0 cm³/mol. The summed E-state index contributed by atoms with van der Waals surface area (Å²) in [6, 6.07) is 5.15. The minimum atomic E-state index is -0.195. The Balaban J connectivity index is 2.17. The third kappa shape index (κ3) is 3.07. The summed E-state index contributed by atoms with van der Waals surface area (Å²) in [5.74, 6) is -0.195. The van der Waals surface area contributed by atoms with Crippen LogP contribution in [0, 0.1) is 12.7 Å². The molecule has 1 unspecified atom stereocenters. The molecular weight excluding hydrogens is 231 g/mol. The van der Waals surface area contributed by atoms with Crippen LogP contribution in [-0.4, -0.2) is 42.8 Å². The number of rotatable bonds is 3. The fourth-order valence-corrected chi connectivity index (χ4v) is 2.43. The SMILES string of the molecule is Cc1ccc(C(CO)N2CCCNCC2)cc1F. The topological polar surface area (TPSA) is 35.5 Å². The van der Waals surface area contributed by atoms with Gasteiger partial charge < -0.3 is 10.4 Å². The molecule has 18 heavy (non-hydrogen) atoms. The lowest BCUT2D eigenvalue weighted by atomic mass is 10.0. The highest BCUT2D eigenvalue weighted by molar-refractivity contribution is 5.26. The summed E-state index contributed by atoms with van der Waals surface area (Å²) in [4.78, 5) is 2.23. The van der Waals surface area contributed by atoms with Gasteiger partial charge in [-0.25, -0.2) is 4.39 Å². The van der Waals surface area contributed by atoms with Crippen LogP contribution < -0.4 is 5.32 Å². The van der Waals surface area contributed by atoms with Gasteiger partial charge >= 0.3 is 0 Å². The molecule has 3 nitrogen and oxygen atoms in total. The van der Waals surface area contributed by atoms with Gasteiger partial charge in [0.05, 0.1) is 12.6 Å². The van der Waals surface area contributed by atoms with Crippen molar-refractivity contribution < 1.29 is 9.50 Å². The fourth-order valence-electron chi connectivity index (χ4n) is 2.43. The standard InChI is InChI=1S/C14H21FN2O/c1-11-3-4-12(9-13(11)15)14(10-18)17-7-2-5-16-6-8-17/h3-4,9,14,16,18H,2,5-8,10H2,1H3. The number of nitrogens with zero attached hydrogens (tertiary/aromatic N) is 1. The van der Waals surface area contributed by atoms with Gasteiger partial charge in [0.1, 0.15) is 5.82 Å². The molecule has 0 aliphatic carbocycles. The third-order valence-electron chi connectivity index (χ3n) is 3.57. The Morgan fingerprint density at radius 3 is 2.94 bits per heavy atom. The number of aryl methyl sites for hydroxylation is 1. The van der Waals surface area contributed by atoms with Crippen molar-refractivity contribution in [2.24, 2.45) is 0 Å². The van der Waals surface area contributed by atoms with E-state index in [0.29, 0.717) is 5.56 Å². The molecule has 0 spiro atoms. The maximum Gasteiger partial charge on any atom is 0.126 e. The maximum absolute atomic E-state index is 13.6. The van der Waals surface area contributed by atoms with Gasteiger partial charge in [0, 0.05) is 19.6 Å². The molecule has 0 amide bonds. The van der Waals surface area contributed by atoms with Crippen LogP contribution in [0.2, 0.25) is 0 Å². The van der Waals surface area contributed by atoms with Crippen LogP contribution in [-0.2, 0) is 0 Å². The Hall–Kier alpha value is -0.970. The summed E-state index contributed by atoms with van der Waals surface area (Å²) in [5, 5.41) is 12.9. The summed E-state index contributed by atoms with van der Waals surface area (Å²) >= 11 is 0. The fraction of sp³-hybridized carbons (Fsp3) is 0.571. The molecular formula is C14H21FN2O. The Morgan fingerprint density at radius 2 is 2.22 bits per heavy atom. The smallest absolute Gasteiger partial charge is 0.126 e. The van der Waals surface area contributed by atoms with Gasteiger partial charge in [0.25, 0.3) is 0 Å². The number of halogens is 1. The van der Waals surface area contributed by atoms with Crippen LogP contribution >= 0.6 is 0 Å². The lowest BCUT2D eigenvalue weighted by molar-refractivity contribution is 0.129. The molecule has 4 heteroatoms. The molecule has 0 aromatic heterocycles. The third-order valence-corrected chi connectivity index (χ3v) is 3.57. The van der Waals surface area contributed by atoms with E-state index in [1.165, 1.54) is 0 Å². The Labute approximate surface area is 108 Å². The first kappa shape index (κ1) is 13.5. The van der Waals surface area contributed by atoms with E-state index < -0.39 is 0 Å². The van der Waals surface area contributed by atoms with Gasteiger partial charge in [0.15, 0.2) is 0 Å². The second-order valence-electron chi connectivity index (χ2n) is 4.85. The summed E-state index contributed by atoms with van der Waals surface area (Å²) in [6.45, 7) is 5.54. The Bertz CT molecular complexity index is 389. The minimum Gasteiger partial charge on any atom is -0.394 e. The van der Waals surface area contributed by atoms with Crippen molar-refractivity contribution in [3.05, 3.63) is 35.1 Å². The molecule has 2 rings (SSSR count). The van der Waals surface area contributed by atoms with Crippen molar-refractivity contribution in [3.63, 3.8) is 0 Å². The van der Waals surface area contributed by atoms with Crippen molar-refractivity contribution in [3.8, 4) is 0 Å². The van der Waals surface area contributed by atoms with E-state index in [9.17, 15) is 9.50 Å². The molecule has 0 bridgehead atoms. The molecule has 1 aliphatic heterocycles. The van der Waals surface area contributed by atoms with Crippen LogP contribution in [0.4, 0.5) is 4.39 Å². The molecule has 2 N–H and O–H groups in total. The van der Waals surface area contributed by atoms with E-state index in [4.69, 9.17) is 0 Å². The van der Waals surface area contributed by atoms with Gasteiger partial charge in [-0.3, -0.25) is 4.90 Å². The van der Waals surface area contributed by atoms with Gasteiger partial charge in [-0.2, -0.15) is 0 Å². The molecule has 1 saturated heterocycles. The van der Waals surface area contributed by atoms with E-state index >= 15 is 0 Å². The zero-order chi connectivity index (χ0) is 13.0. The molecule has 0 radical (unpaired) electrons. The van der Waals surface area contributed by atoms with Crippen molar-refractivity contribution in [1.82, 2.24) is 10.2 Å². The van der Waals surface area contributed by atoms with Crippen LogP contribution in [0.3, 0.4) is 0 Å². The van der Waals surface area contributed by atoms with Crippen LogP contribution in [0.15, 0.2) is 18.2 Å². The molecule has 1 aromatic rings. The quantitative estimate of drug-likeness (QED) is 0.855. The van der Waals surface area contributed by atoms with Gasteiger partial charge in [-0.1, -0.05) is 12.1 Å². The summed E-state index contributed by atoms with van der Waals surface area (Å²) in [7, 11) is 0. The lowest BCUT2D eigenvalue weighted by Crippen LogP contribution is -2.34. The second kappa shape index (κ2) is 6.27. The summed E-state index contributed by atoms with van der Waals surface area (Å²) in [6.07, 6.45) is 1.06. The molecule has 1 atom stereocenters. The van der Waals surface area contributed by atoms with E-state index in [0.717, 1.165) is 38.2 Å². The highest BCUT2D eigenvalue weighted by Crippen LogP contribution is 2.22. The molecule has 0 saturated carbocycles. The van der Waals surface area contributed by atoms with Gasteiger partial charge in [-0.05, 0) is 37.1 Å². The van der Waals surface area contributed by atoms with Crippen molar-refractivity contribution in [1.29, 1.82) is 0 Å². The average Bonchev–Trinajstić information content (AvgIpc) is 2.64.